The Hall–Kier alpha value is 2.60. The van der Waals surface area contributed by atoms with Gasteiger partial charge >= 0.3 is 118 Å². The van der Waals surface area contributed by atoms with E-state index in [1.807, 2.05) is 0 Å². The van der Waals surface area contributed by atoms with E-state index in [0.717, 1.165) is 7.11 Å². The third-order valence-corrected chi connectivity index (χ3v) is 8.43. The van der Waals surface area contributed by atoms with E-state index in [9.17, 15) is 79.5 Å². The molecule has 7 N–H and O–H groups in total. The van der Waals surface area contributed by atoms with E-state index in [1.54, 1.807) is 0 Å². The number of hydrogen-bond acceptors (Lipinski definition) is 25. The number of carboxylic acid groups (broad SMARTS) is 1. The van der Waals surface area contributed by atoms with Gasteiger partial charge in [-0.1, -0.05) is 0 Å². The molecule has 3 aliphatic rings. The number of methoxy groups -OCH3 is 1. The Bertz CT molecular complexity index is 1450. The van der Waals surface area contributed by atoms with Crippen LogP contribution in [0.3, 0.4) is 0 Å². The molecule has 282 valence electrons. The second kappa shape index (κ2) is 23.4. The zero-order valence-corrected chi connectivity index (χ0v) is 38.2. The summed E-state index contributed by atoms with van der Waals surface area (Å²) in [6, 6.07) is -2.30. The van der Waals surface area contributed by atoms with Crippen LogP contribution in [0.15, 0.2) is 0 Å². The molecule has 0 bridgehead atoms. The number of aliphatic carboxylic acids is 1. The van der Waals surface area contributed by atoms with Gasteiger partial charge in [0.2, 0.25) is 20.8 Å². The fourth-order valence-corrected chi connectivity index (χ4v) is 6.22. The smallest absolute Gasteiger partial charge is 0.735 e. The van der Waals surface area contributed by atoms with Crippen molar-refractivity contribution in [3.05, 3.63) is 0 Å². The summed E-state index contributed by atoms with van der Waals surface area (Å²) < 4.78 is 142. The van der Waals surface area contributed by atoms with Crippen molar-refractivity contribution in [1.29, 1.82) is 0 Å². The molecule has 0 spiro atoms. The molecule has 0 amide bonds. The average Bonchev–Trinajstić information content (AvgIpc) is 2.94. The summed E-state index contributed by atoms with van der Waals surface area (Å²) in [6.45, 7) is -2.32. The molecule has 3 saturated heterocycles. The minimum absolute atomic E-state index is 0. The first-order chi connectivity index (χ1) is 21.9. The summed E-state index contributed by atoms with van der Waals surface area (Å²) in [4.78, 5) is 12.1. The minimum Gasteiger partial charge on any atom is -0.735 e. The van der Waals surface area contributed by atoms with Gasteiger partial charge in [0, 0.05) is 7.11 Å². The van der Waals surface area contributed by atoms with Crippen LogP contribution in [0, 0.1) is 0 Å². The fraction of sp³-hybridized carbons (Fsp3) is 0.947. The van der Waals surface area contributed by atoms with Crippen molar-refractivity contribution in [1.82, 2.24) is 4.72 Å². The molecule has 0 saturated carbocycles. The molecular weight excluding hydrogens is 830 g/mol. The Morgan fingerprint density at radius 3 is 1.75 bits per heavy atom. The first-order valence-electron chi connectivity index (χ1n) is 13.0. The normalized spacial score (nSPS) is 38.4. The quantitative estimate of drug-likeness (QED) is 0.0484. The number of ether oxygens (including phenoxy) is 6. The molecule has 3 heterocycles. The predicted molar refractivity (Wildman–Crippen MR) is 132 cm³/mol. The maximum atomic E-state index is 12.1. The molecular formula is C19H29NNa4O25S3. The van der Waals surface area contributed by atoms with Crippen molar-refractivity contribution in [2.45, 2.75) is 92.1 Å². The zero-order valence-electron chi connectivity index (χ0n) is 27.7. The number of carbonyl (C=O) groups is 1. The van der Waals surface area contributed by atoms with E-state index < -0.39 is 142 Å². The van der Waals surface area contributed by atoms with E-state index >= 15 is 0 Å². The largest absolute Gasteiger partial charge is 1.00 e. The number of rotatable bonds is 14. The average molecular weight is 860 g/mol. The van der Waals surface area contributed by atoms with Gasteiger partial charge in [0.25, 0.3) is 0 Å². The second-order valence-corrected chi connectivity index (χ2v) is 13.4. The number of carboxylic acids is 1. The molecule has 52 heavy (non-hydrogen) atoms. The van der Waals surface area contributed by atoms with Crippen molar-refractivity contribution in [2.24, 2.45) is 0 Å². The third kappa shape index (κ3) is 16.0. The van der Waals surface area contributed by atoms with Crippen LogP contribution in [-0.4, -0.2) is 188 Å². The topological polar surface area (TPSA) is 419 Å². The third-order valence-electron chi connectivity index (χ3n) is 6.99. The molecule has 15 atom stereocenters. The van der Waals surface area contributed by atoms with Crippen molar-refractivity contribution < 1.29 is 234 Å². The summed E-state index contributed by atoms with van der Waals surface area (Å²) >= 11 is 0. The van der Waals surface area contributed by atoms with Crippen molar-refractivity contribution >= 4 is 37.1 Å². The standard InChI is InChI=1S/C19H33NO25S3.4Na/c1-38-12-5(3-40-47(32,33)34)42-18(6(8(12)22)20-46(29,30)31)43-13-11(25)14(45-48(35,36)37)19(44-15(13)16(26)27)39-2-4-7(21)9(23)10(24)17(28)41-4;;;;/h4-15,17-25,28H,2-3H2,1H3,(H,26,27)(H,29,30,31)(H,32,33,34)(H,35,36,37);;;;/q;4*+1/p-4/t4?,5?,6?,7-,8+,9-,10?,11-,12+,13+,14?,15?,17-,18-,19-;;;;/m1..../s1. The first kappa shape index (κ1) is 56.7. The van der Waals surface area contributed by atoms with Crippen molar-refractivity contribution in [3.63, 3.8) is 0 Å². The minimum atomic E-state index is -5.85. The van der Waals surface area contributed by atoms with Crippen molar-refractivity contribution in [3.8, 4) is 0 Å². The van der Waals surface area contributed by atoms with E-state index in [1.165, 1.54) is 4.72 Å². The van der Waals surface area contributed by atoms with Gasteiger partial charge in [-0.3, -0.25) is 8.37 Å². The van der Waals surface area contributed by atoms with Gasteiger partial charge in [-0.15, -0.1) is 0 Å². The monoisotopic (exact) mass is 859 g/mol. The van der Waals surface area contributed by atoms with Crippen LogP contribution < -0.4 is 128 Å². The van der Waals surface area contributed by atoms with Gasteiger partial charge in [-0.05, 0) is 0 Å². The summed E-state index contributed by atoms with van der Waals surface area (Å²) in [5.41, 5.74) is 0. The Balaban J connectivity index is 0. The van der Waals surface area contributed by atoms with Crippen LogP contribution in [0.1, 0.15) is 0 Å². The molecule has 3 aliphatic heterocycles. The van der Waals surface area contributed by atoms with Gasteiger partial charge in [0.15, 0.2) is 35.3 Å². The summed E-state index contributed by atoms with van der Waals surface area (Å²) in [6.07, 6.45) is -31.3. The first-order valence-corrected chi connectivity index (χ1v) is 17.0. The van der Waals surface area contributed by atoms with Gasteiger partial charge in [0.05, 0.1) is 19.2 Å². The van der Waals surface area contributed by atoms with Gasteiger partial charge < -0.3 is 82.6 Å². The van der Waals surface area contributed by atoms with Gasteiger partial charge in [-0.25, -0.2) is 30.0 Å². The molecule has 3 fully saturated rings. The maximum Gasteiger partial charge on any atom is 1.00 e. The van der Waals surface area contributed by atoms with E-state index in [2.05, 4.69) is 8.37 Å². The summed E-state index contributed by atoms with van der Waals surface area (Å²) in [7, 11) is -16.0. The Morgan fingerprint density at radius 1 is 0.692 bits per heavy atom. The van der Waals surface area contributed by atoms with Gasteiger partial charge in [0.1, 0.15) is 67.1 Å². The number of aliphatic hydroxyl groups excluding tert-OH is 6. The second-order valence-electron chi connectivity index (χ2n) is 10.2. The molecule has 26 nitrogen and oxygen atoms in total. The Labute approximate surface area is 384 Å². The van der Waals surface area contributed by atoms with Crippen molar-refractivity contribution in [2.75, 3.05) is 20.3 Å². The molecule has 0 radical (unpaired) electrons. The molecule has 0 aliphatic carbocycles. The van der Waals surface area contributed by atoms with Crippen LogP contribution >= 0.6 is 0 Å². The number of aliphatic hydroxyl groups is 6. The molecule has 0 aromatic heterocycles. The van der Waals surface area contributed by atoms with Crippen LogP contribution in [0.4, 0.5) is 0 Å². The van der Waals surface area contributed by atoms with Crippen LogP contribution in [0.2, 0.25) is 0 Å². The fourth-order valence-electron chi connectivity index (χ4n) is 4.86. The molecule has 3 rings (SSSR count). The summed E-state index contributed by atoms with van der Waals surface area (Å²) in [5, 5.41) is 73.0. The van der Waals surface area contributed by atoms with E-state index in [4.69, 9.17) is 28.4 Å². The molecule has 33 heteroatoms. The molecule has 0 aromatic carbocycles. The Kier molecular flexibility index (Phi) is 25.5. The number of hydrogen-bond donors (Lipinski definition) is 7. The molecule has 0 aromatic rings. The van der Waals surface area contributed by atoms with Crippen LogP contribution in [0.5, 0.6) is 0 Å². The SMILES string of the molecule is CO[C@H]1C(COS(=O)(=O)[O-])O[C@H](O[C@@H]2C(C(=O)[O-])O[C@@H](OCC3O[C@@H](O)C(O)[C@H](O)[C@@H]3O)C(OS(=O)(=O)[O-])[C@@H]2O)C(NS(=O)(=O)[O-])[C@@H]1O.[Na+].[Na+].[Na+].[Na+]. The zero-order chi connectivity index (χ0) is 36.5. The van der Waals surface area contributed by atoms with Crippen LogP contribution in [-0.2, 0) is 72.7 Å². The Morgan fingerprint density at radius 2 is 1.27 bits per heavy atom. The molecule has 6 unspecified atom stereocenters. The maximum absolute atomic E-state index is 12.1. The summed E-state index contributed by atoms with van der Waals surface area (Å²) in [5.74, 6) is -2.30. The van der Waals surface area contributed by atoms with Crippen LogP contribution in [0.25, 0.3) is 0 Å². The predicted octanol–water partition coefficient (Wildman–Crippen LogP) is -22.1. The number of nitrogens with one attached hydrogen (secondary N) is 1. The van der Waals surface area contributed by atoms with E-state index in [0.29, 0.717) is 0 Å². The number of carbonyl (C=O) groups excluding carboxylic acids is 1. The van der Waals surface area contributed by atoms with E-state index in [-0.39, 0.29) is 118 Å². The van der Waals surface area contributed by atoms with Gasteiger partial charge in [-0.2, -0.15) is 0 Å².